The zero-order valence-corrected chi connectivity index (χ0v) is 14.2. The molecule has 1 aromatic heterocycles. The van der Waals surface area contributed by atoms with E-state index in [1.165, 1.54) is 6.07 Å². The molecule has 0 aliphatic heterocycles. The molecule has 1 aromatic carbocycles. The van der Waals surface area contributed by atoms with Gasteiger partial charge in [0.05, 0.1) is 11.8 Å². The van der Waals surface area contributed by atoms with Gasteiger partial charge in [-0.1, -0.05) is 26.0 Å². The van der Waals surface area contributed by atoms with Crippen molar-refractivity contribution >= 4 is 17.6 Å². The lowest BCUT2D eigenvalue weighted by molar-refractivity contribution is -0.140. The summed E-state index contributed by atoms with van der Waals surface area (Å²) in [6.07, 6.45) is 0. The minimum Gasteiger partial charge on any atom is -0.481 e. The normalized spacial score (nSPS) is 20.8. The number of aromatic nitrogens is 2. The molecule has 7 heteroatoms. The molecule has 2 atom stereocenters. The van der Waals surface area contributed by atoms with Crippen molar-refractivity contribution in [3.63, 3.8) is 0 Å². The largest absolute Gasteiger partial charge is 0.481 e. The summed E-state index contributed by atoms with van der Waals surface area (Å²) in [7, 11) is 0. The SMILES string of the molecule is Cc1cc(=O)[nH]c(-c2cccc(NC(=O)[C@H]3[C@H](C(=O)O)C3(C)C)c2)n1. The Morgan fingerprint density at radius 1 is 1.24 bits per heavy atom. The third-order valence-electron chi connectivity index (χ3n) is 4.65. The number of aliphatic carboxylic acids is 1. The Morgan fingerprint density at radius 3 is 2.56 bits per heavy atom. The first-order chi connectivity index (χ1) is 11.7. The van der Waals surface area contributed by atoms with Crippen LogP contribution in [0.4, 0.5) is 5.69 Å². The third-order valence-corrected chi connectivity index (χ3v) is 4.65. The van der Waals surface area contributed by atoms with Gasteiger partial charge in [0.2, 0.25) is 5.91 Å². The number of rotatable bonds is 4. The fraction of sp³-hybridized carbons (Fsp3) is 0.333. The first kappa shape index (κ1) is 16.9. The van der Waals surface area contributed by atoms with Gasteiger partial charge in [0.1, 0.15) is 5.82 Å². The monoisotopic (exact) mass is 341 g/mol. The summed E-state index contributed by atoms with van der Waals surface area (Å²) in [5, 5.41) is 12.0. The van der Waals surface area contributed by atoms with E-state index in [1.807, 2.05) is 0 Å². The second kappa shape index (κ2) is 5.84. The lowest BCUT2D eigenvalue weighted by atomic mass is 10.1. The van der Waals surface area contributed by atoms with Crippen molar-refractivity contribution in [2.75, 3.05) is 5.32 Å². The van der Waals surface area contributed by atoms with Crippen LogP contribution in [0.5, 0.6) is 0 Å². The van der Waals surface area contributed by atoms with Crippen LogP contribution >= 0.6 is 0 Å². The van der Waals surface area contributed by atoms with Gasteiger partial charge in [-0.15, -0.1) is 0 Å². The highest BCUT2D eigenvalue weighted by Crippen LogP contribution is 2.58. The molecule has 0 bridgehead atoms. The van der Waals surface area contributed by atoms with E-state index in [2.05, 4.69) is 15.3 Å². The maximum atomic E-state index is 12.4. The molecule has 25 heavy (non-hydrogen) atoms. The van der Waals surface area contributed by atoms with Crippen LogP contribution in [0.3, 0.4) is 0 Å². The van der Waals surface area contributed by atoms with Crippen LogP contribution in [-0.4, -0.2) is 27.0 Å². The summed E-state index contributed by atoms with van der Waals surface area (Å²) >= 11 is 0. The molecule has 3 rings (SSSR count). The van der Waals surface area contributed by atoms with E-state index in [9.17, 15) is 19.5 Å². The van der Waals surface area contributed by atoms with Gasteiger partial charge in [0.15, 0.2) is 0 Å². The number of carboxylic acids is 1. The molecule has 1 aliphatic carbocycles. The van der Waals surface area contributed by atoms with Crippen LogP contribution in [0.1, 0.15) is 19.5 Å². The standard InChI is InChI=1S/C18H19N3O4/c1-9-7-12(22)21-15(19-9)10-5-4-6-11(8-10)20-16(23)13-14(17(24)25)18(13,2)3/h4-8,13-14H,1-3H3,(H,20,23)(H,24,25)(H,19,21,22)/t13-,14-/m1/s1. The van der Waals surface area contributed by atoms with Gasteiger partial charge in [-0.3, -0.25) is 14.4 Å². The highest BCUT2D eigenvalue weighted by molar-refractivity contribution is 6.00. The number of anilines is 1. The van der Waals surface area contributed by atoms with Gasteiger partial charge in [0, 0.05) is 23.0 Å². The molecule has 7 nitrogen and oxygen atoms in total. The van der Waals surface area contributed by atoms with Crippen LogP contribution in [0, 0.1) is 24.2 Å². The molecule has 1 saturated carbocycles. The van der Waals surface area contributed by atoms with Gasteiger partial charge >= 0.3 is 5.97 Å². The van der Waals surface area contributed by atoms with E-state index in [1.54, 1.807) is 45.0 Å². The number of carboxylic acid groups (broad SMARTS) is 1. The minimum absolute atomic E-state index is 0.249. The number of aryl methyl sites for hydroxylation is 1. The second-order valence-corrected chi connectivity index (χ2v) is 6.92. The van der Waals surface area contributed by atoms with Crippen molar-refractivity contribution in [2.45, 2.75) is 20.8 Å². The van der Waals surface area contributed by atoms with Gasteiger partial charge < -0.3 is 15.4 Å². The number of H-pyrrole nitrogens is 1. The number of carbonyl (C=O) groups is 2. The predicted molar refractivity (Wildman–Crippen MR) is 92.1 cm³/mol. The number of benzene rings is 1. The van der Waals surface area contributed by atoms with Crippen molar-refractivity contribution < 1.29 is 14.7 Å². The minimum atomic E-state index is -0.958. The quantitative estimate of drug-likeness (QED) is 0.788. The number of carbonyl (C=O) groups excluding carboxylic acids is 1. The highest BCUT2D eigenvalue weighted by Gasteiger charge is 2.65. The smallest absolute Gasteiger partial charge is 0.307 e. The van der Waals surface area contributed by atoms with Crippen LogP contribution in [-0.2, 0) is 9.59 Å². The Morgan fingerprint density at radius 2 is 1.96 bits per heavy atom. The number of nitrogens with one attached hydrogen (secondary N) is 2. The Balaban J connectivity index is 1.82. The fourth-order valence-corrected chi connectivity index (χ4v) is 3.27. The molecule has 130 valence electrons. The molecule has 0 saturated heterocycles. The highest BCUT2D eigenvalue weighted by atomic mass is 16.4. The van der Waals surface area contributed by atoms with Crippen molar-refractivity contribution in [1.29, 1.82) is 0 Å². The molecular weight excluding hydrogens is 322 g/mol. The molecule has 1 aliphatic rings. The first-order valence-electron chi connectivity index (χ1n) is 7.92. The number of hydrogen-bond acceptors (Lipinski definition) is 4. The van der Waals surface area contributed by atoms with Crippen molar-refractivity contribution in [3.05, 3.63) is 46.4 Å². The lowest BCUT2D eigenvalue weighted by Gasteiger charge is -2.08. The molecular formula is C18H19N3O4. The summed E-state index contributed by atoms with van der Waals surface area (Å²) < 4.78 is 0. The molecule has 1 fully saturated rings. The van der Waals surface area contributed by atoms with E-state index in [-0.39, 0.29) is 11.5 Å². The van der Waals surface area contributed by atoms with Crippen molar-refractivity contribution in [1.82, 2.24) is 9.97 Å². The third kappa shape index (κ3) is 3.17. The van der Waals surface area contributed by atoms with Crippen molar-refractivity contribution in [2.24, 2.45) is 17.3 Å². The first-order valence-corrected chi connectivity index (χ1v) is 7.92. The Hall–Kier alpha value is -2.96. The maximum absolute atomic E-state index is 12.4. The van der Waals surface area contributed by atoms with E-state index in [0.29, 0.717) is 22.8 Å². The number of hydrogen-bond donors (Lipinski definition) is 3. The summed E-state index contributed by atoms with van der Waals surface area (Å²) in [6, 6.07) is 8.31. The summed E-state index contributed by atoms with van der Waals surface area (Å²) in [4.78, 5) is 42.2. The van der Waals surface area contributed by atoms with Crippen LogP contribution in [0.2, 0.25) is 0 Å². The molecule has 0 unspecified atom stereocenters. The number of nitrogens with zero attached hydrogens (tertiary/aromatic N) is 1. The molecule has 1 heterocycles. The van der Waals surface area contributed by atoms with Gasteiger partial charge in [-0.05, 0) is 24.5 Å². The second-order valence-electron chi connectivity index (χ2n) is 6.92. The topological polar surface area (TPSA) is 112 Å². The van der Waals surface area contributed by atoms with Crippen LogP contribution in [0.25, 0.3) is 11.4 Å². The Labute approximate surface area is 144 Å². The zero-order valence-electron chi connectivity index (χ0n) is 14.2. The van der Waals surface area contributed by atoms with Gasteiger partial charge in [-0.25, -0.2) is 4.98 Å². The Kier molecular flexibility index (Phi) is 3.94. The van der Waals surface area contributed by atoms with Crippen LogP contribution < -0.4 is 10.9 Å². The summed E-state index contributed by atoms with van der Waals surface area (Å²) in [6.45, 7) is 5.27. The lowest BCUT2D eigenvalue weighted by Crippen LogP contribution is -2.17. The molecule has 3 N–H and O–H groups in total. The maximum Gasteiger partial charge on any atom is 0.307 e. The molecule has 2 aromatic rings. The van der Waals surface area contributed by atoms with Gasteiger partial charge in [0.25, 0.3) is 5.56 Å². The predicted octanol–water partition coefficient (Wildman–Crippen LogP) is 2.04. The van der Waals surface area contributed by atoms with E-state index in [4.69, 9.17) is 0 Å². The molecule has 0 radical (unpaired) electrons. The average Bonchev–Trinajstić information content (AvgIpc) is 3.09. The molecule has 1 amide bonds. The Bertz CT molecular complexity index is 917. The van der Waals surface area contributed by atoms with Gasteiger partial charge in [-0.2, -0.15) is 0 Å². The summed E-state index contributed by atoms with van der Waals surface area (Å²) in [5.74, 6) is -2.10. The van der Waals surface area contributed by atoms with Crippen LogP contribution in [0.15, 0.2) is 35.1 Å². The zero-order chi connectivity index (χ0) is 18.4. The molecule has 0 spiro atoms. The number of amides is 1. The summed E-state index contributed by atoms with van der Waals surface area (Å²) in [5.41, 5.74) is 0.969. The van der Waals surface area contributed by atoms with E-state index in [0.717, 1.165) is 0 Å². The van der Waals surface area contributed by atoms with Crippen molar-refractivity contribution in [3.8, 4) is 11.4 Å². The van der Waals surface area contributed by atoms with E-state index >= 15 is 0 Å². The van der Waals surface area contributed by atoms with E-state index < -0.39 is 23.2 Å². The fourth-order valence-electron chi connectivity index (χ4n) is 3.27. The number of aromatic amines is 1. The average molecular weight is 341 g/mol.